The van der Waals surface area contributed by atoms with Crippen molar-refractivity contribution in [3.63, 3.8) is 0 Å². The Bertz CT molecular complexity index is 370. The van der Waals surface area contributed by atoms with Crippen molar-refractivity contribution in [2.75, 3.05) is 12.5 Å². The molecular formula is C13H19NS2. The normalized spacial score (nSPS) is 18.9. The van der Waals surface area contributed by atoms with Crippen LogP contribution >= 0.6 is 23.5 Å². The molecule has 1 aromatic carbocycles. The van der Waals surface area contributed by atoms with Crippen LogP contribution in [0.1, 0.15) is 31.2 Å². The minimum atomic E-state index is -0.0541. The molecule has 88 valence electrons. The Kier molecular flexibility index (Phi) is 3.88. The standard InChI is InChI=1S/C13H19NS2/c1-15-11-6-5-10(9-12(11)16-2)13(14)7-3-4-8-13/h5-6,9H,3-4,7-8,14H2,1-2H3. The largest absolute Gasteiger partial charge is 0.321 e. The van der Waals surface area contributed by atoms with E-state index in [1.807, 2.05) is 23.5 Å². The second-order valence-corrected chi connectivity index (χ2v) is 6.13. The molecule has 0 spiro atoms. The summed E-state index contributed by atoms with van der Waals surface area (Å²) in [5.74, 6) is 0. The third-order valence-electron chi connectivity index (χ3n) is 3.45. The highest BCUT2D eigenvalue weighted by atomic mass is 32.2. The maximum Gasteiger partial charge on any atom is 0.0410 e. The molecular weight excluding hydrogens is 234 g/mol. The zero-order valence-electron chi connectivity index (χ0n) is 9.95. The van der Waals surface area contributed by atoms with Gasteiger partial charge in [0.05, 0.1) is 0 Å². The van der Waals surface area contributed by atoms with Crippen LogP contribution in [0.5, 0.6) is 0 Å². The van der Waals surface area contributed by atoms with Crippen molar-refractivity contribution in [3.8, 4) is 0 Å². The summed E-state index contributed by atoms with van der Waals surface area (Å²) < 4.78 is 0. The van der Waals surface area contributed by atoms with E-state index in [-0.39, 0.29) is 5.54 Å². The van der Waals surface area contributed by atoms with Gasteiger partial charge in [-0.3, -0.25) is 0 Å². The van der Waals surface area contributed by atoms with Crippen LogP contribution in [0.3, 0.4) is 0 Å². The maximum atomic E-state index is 6.48. The molecule has 2 N–H and O–H groups in total. The van der Waals surface area contributed by atoms with Gasteiger partial charge in [0, 0.05) is 15.3 Å². The van der Waals surface area contributed by atoms with E-state index >= 15 is 0 Å². The van der Waals surface area contributed by atoms with Crippen molar-refractivity contribution in [1.82, 2.24) is 0 Å². The third-order valence-corrected chi connectivity index (χ3v) is 5.16. The average molecular weight is 253 g/mol. The first kappa shape index (κ1) is 12.3. The lowest BCUT2D eigenvalue weighted by Gasteiger charge is -2.25. The van der Waals surface area contributed by atoms with Gasteiger partial charge in [-0.15, -0.1) is 23.5 Å². The fraction of sp³-hybridized carbons (Fsp3) is 0.538. The summed E-state index contributed by atoms with van der Waals surface area (Å²) in [5.41, 5.74) is 7.75. The van der Waals surface area contributed by atoms with Crippen LogP contribution < -0.4 is 5.73 Å². The Balaban J connectivity index is 2.35. The Morgan fingerprint density at radius 1 is 1.06 bits per heavy atom. The SMILES string of the molecule is CSc1ccc(C2(N)CCCC2)cc1SC. The number of rotatable bonds is 3. The Morgan fingerprint density at radius 3 is 2.25 bits per heavy atom. The van der Waals surface area contributed by atoms with Gasteiger partial charge in [-0.1, -0.05) is 18.9 Å². The highest BCUT2D eigenvalue weighted by Gasteiger charge is 2.31. The third kappa shape index (κ3) is 2.27. The fourth-order valence-corrected chi connectivity index (χ4v) is 3.92. The summed E-state index contributed by atoms with van der Waals surface area (Å²) in [5, 5.41) is 0. The molecule has 0 amide bonds. The minimum Gasteiger partial charge on any atom is -0.321 e. The minimum absolute atomic E-state index is 0.0541. The molecule has 16 heavy (non-hydrogen) atoms. The van der Waals surface area contributed by atoms with Crippen LogP contribution in [0, 0.1) is 0 Å². The van der Waals surface area contributed by atoms with E-state index in [0.717, 1.165) is 12.8 Å². The smallest absolute Gasteiger partial charge is 0.0410 e. The molecule has 0 bridgehead atoms. The molecule has 1 aliphatic carbocycles. The van der Waals surface area contributed by atoms with Crippen molar-refractivity contribution in [3.05, 3.63) is 23.8 Å². The van der Waals surface area contributed by atoms with E-state index < -0.39 is 0 Å². The van der Waals surface area contributed by atoms with Gasteiger partial charge in [0.25, 0.3) is 0 Å². The molecule has 1 fully saturated rings. The second-order valence-electron chi connectivity index (χ2n) is 4.43. The van der Waals surface area contributed by atoms with Crippen LogP contribution in [-0.2, 0) is 5.54 Å². The fourth-order valence-electron chi connectivity index (χ4n) is 2.44. The van der Waals surface area contributed by atoms with E-state index in [1.54, 1.807) is 0 Å². The molecule has 0 atom stereocenters. The molecule has 0 unspecified atom stereocenters. The highest BCUT2D eigenvalue weighted by molar-refractivity contribution is 8.01. The van der Waals surface area contributed by atoms with Crippen molar-refractivity contribution in [2.24, 2.45) is 5.73 Å². The summed E-state index contributed by atoms with van der Waals surface area (Å²) in [7, 11) is 0. The molecule has 0 saturated heterocycles. The molecule has 1 aromatic rings. The number of thioether (sulfide) groups is 2. The van der Waals surface area contributed by atoms with Crippen LogP contribution in [-0.4, -0.2) is 12.5 Å². The highest BCUT2D eigenvalue weighted by Crippen LogP contribution is 2.39. The lowest BCUT2D eigenvalue weighted by Crippen LogP contribution is -2.33. The first-order chi connectivity index (χ1) is 7.69. The molecule has 0 aromatic heterocycles. The summed E-state index contributed by atoms with van der Waals surface area (Å²) in [6, 6.07) is 6.73. The summed E-state index contributed by atoms with van der Waals surface area (Å²) in [6.07, 6.45) is 9.09. The topological polar surface area (TPSA) is 26.0 Å². The summed E-state index contributed by atoms with van der Waals surface area (Å²) >= 11 is 3.62. The van der Waals surface area contributed by atoms with Crippen LogP contribution in [0.2, 0.25) is 0 Å². The molecule has 1 nitrogen and oxygen atoms in total. The van der Waals surface area contributed by atoms with Gasteiger partial charge in [-0.2, -0.15) is 0 Å². The molecule has 1 saturated carbocycles. The average Bonchev–Trinajstić information content (AvgIpc) is 2.76. The van der Waals surface area contributed by atoms with E-state index in [0.29, 0.717) is 0 Å². The van der Waals surface area contributed by atoms with Crippen LogP contribution in [0.15, 0.2) is 28.0 Å². The predicted molar refractivity (Wildman–Crippen MR) is 74.3 cm³/mol. The quantitative estimate of drug-likeness (QED) is 0.828. The monoisotopic (exact) mass is 253 g/mol. The first-order valence-corrected chi connectivity index (χ1v) is 8.16. The van der Waals surface area contributed by atoms with Gasteiger partial charge < -0.3 is 5.73 Å². The van der Waals surface area contributed by atoms with Crippen LogP contribution in [0.25, 0.3) is 0 Å². The van der Waals surface area contributed by atoms with E-state index in [4.69, 9.17) is 5.73 Å². The lowest BCUT2D eigenvalue weighted by atomic mass is 9.89. The molecule has 2 rings (SSSR count). The first-order valence-electron chi connectivity index (χ1n) is 5.71. The lowest BCUT2D eigenvalue weighted by molar-refractivity contribution is 0.460. The summed E-state index contributed by atoms with van der Waals surface area (Å²) in [4.78, 5) is 2.72. The van der Waals surface area contributed by atoms with Gasteiger partial charge in [0.2, 0.25) is 0 Å². The van der Waals surface area contributed by atoms with Crippen molar-refractivity contribution >= 4 is 23.5 Å². The molecule has 3 heteroatoms. The summed E-state index contributed by atoms with van der Waals surface area (Å²) in [6.45, 7) is 0. The van der Waals surface area contributed by atoms with Gasteiger partial charge in [0.15, 0.2) is 0 Å². The van der Waals surface area contributed by atoms with Crippen molar-refractivity contribution in [2.45, 2.75) is 41.0 Å². The number of hydrogen-bond donors (Lipinski definition) is 1. The van der Waals surface area contributed by atoms with Crippen molar-refractivity contribution in [1.29, 1.82) is 0 Å². The van der Waals surface area contributed by atoms with Gasteiger partial charge in [0.1, 0.15) is 0 Å². The predicted octanol–water partition coefficient (Wildman–Crippen LogP) is 3.86. The molecule has 1 aliphatic rings. The number of nitrogens with two attached hydrogens (primary N) is 1. The number of benzene rings is 1. The Hall–Kier alpha value is -0.120. The van der Waals surface area contributed by atoms with Gasteiger partial charge in [-0.05, 0) is 43.0 Å². The Labute approximate surface area is 107 Å². The Morgan fingerprint density at radius 2 is 1.69 bits per heavy atom. The van der Waals surface area contributed by atoms with Crippen LogP contribution in [0.4, 0.5) is 0 Å². The van der Waals surface area contributed by atoms with E-state index in [1.165, 1.54) is 28.2 Å². The zero-order chi connectivity index (χ0) is 11.6. The van der Waals surface area contributed by atoms with Gasteiger partial charge in [-0.25, -0.2) is 0 Å². The number of hydrogen-bond acceptors (Lipinski definition) is 3. The van der Waals surface area contributed by atoms with Gasteiger partial charge >= 0.3 is 0 Å². The molecule has 0 radical (unpaired) electrons. The second kappa shape index (κ2) is 5.03. The molecule has 0 aliphatic heterocycles. The maximum absolute atomic E-state index is 6.48. The molecule has 0 heterocycles. The van der Waals surface area contributed by atoms with E-state index in [2.05, 4.69) is 30.7 Å². The van der Waals surface area contributed by atoms with E-state index in [9.17, 15) is 0 Å². The zero-order valence-corrected chi connectivity index (χ0v) is 11.6. The van der Waals surface area contributed by atoms with Crippen molar-refractivity contribution < 1.29 is 0 Å².